The molecule has 148 valence electrons. The van der Waals surface area contributed by atoms with Gasteiger partial charge in [0, 0.05) is 24.6 Å². The van der Waals surface area contributed by atoms with Gasteiger partial charge in [0.2, 0.25) is 0 Å². The van der Waals surface area contributed by atoms with E-state index in [4.69, 9.17) is 9.72 Å². The number of imidazole rings is 1. The van der Waals surface area contributed by atoms with Crippen LogP contribution in [0.5, 0.6) is 5.75 Å². The number of pyridine rings is 1. The quantitative estimate of drug-likeness (QED) is 0.537. The largest absolute Gasteiger partial charge is 0.493 e. The van der Waals surface area contributed by atoms with Crippen molar-refractivity contribution in [3.8, 4) is 17.3 Å². The Morgan fingerprint density at radius 1 is 1.11 bits per heavy atom. The molecule has 2 aromatic heterocycles. The van der Waals surface area contributed by atoms with Crippen LogP contribution in [0.25, 0.3) is 22.6 Å². The van der Waals surface area contributed by atoms with Crippen LogP contribution in [0, 0.1) is 6.92 Å². The first kappa shape index (κ1) is 19.3. The van der Waals surface area contributed by atoms with Crippen LogP contribution in [0.3, 0.4) is 0 Å². The zero-order valence-corrected chi connectivity index (χ0v) is 17.5. The summed E-state index contributed by atoms with van der Waals surface area (Å²) in [6, 6.07) is 10.2. The Morgan fingerprint density at radius 3 is 2.75 bits per heavy atom. The van der Waals surface area contributed by atoms with Crippen molar-refractivity contribution in [2.24, 2.45) is 0 Å². The zero-order chi connectivity index (χ0) is 19.3. The summed E-state index contributed by atoms with van der Waals surface area (Å²) in [4.78, 5) is 12.0. The summed E-state index contributed by atoms with van der Waals surface area (Å²) < 4.78 is 8.27. The van der Waals surface area contributed by atoms with E-state index in [0.29, 0.717) is 0 Å². The third-order valence-corrected chi connectivity index (χ3v) is 6.13. The molecule has 0 spiro atoms. The number of fused-ring (bicyclic) bond motifs is 1. The predicted molar refractivity (Wildman–Crippen MR) is 117 cm³/mol. The van der Waals surface area contributed by atoms with E-state index in [9.17, 15) is 0 Å². The number of ether oxygens (including phenoxy) is 1. The van der Waals surface area contributed by atoms with Crippen LogP contribution in [0.2, 0.25) is 0 Å². The van der Waals surface area contributed by atoms with E-state index in [0.717, 1.165) is 53.4 Å². The van der Waals surface area contributed by atoms with Gasteiger partial charge in [-0.3, -0.25) is 8.96 Å². The van der Waals surface area contributed by atoms with E-state index in [1.165, 1.54) is 32.4 Å². The number of rotatable bonds is 7. The summed E-state index contributed by atoms with van der Waals surface area (Å²) >= 11 is 1.65. The first-order valence-electron chi connectivity index (χ1n) is 10.1. The lowest BCUT2D eigenvalue weighted by Gasteiger charge is -2.26. The number of benzene rings is 1. The first-order valence-corrected chi connectivity index (χ1v) is 11.3. The highest BCUT2D eigenvalue weighted by Crippen LogP contribution is 2.32. The molecular formula is C22H28N4OS. The van der Waals surface area contributed by atoms with Crippen LogP contribution in [-0.2, 0) is 0 Å². The molecule has 1 aliphatic heterocycles. The van der Waals surface area contributed by atoms with Crippen molar-refractivity contribution >= 4 is 23.0 Å². The smallest absolute Gasteiger partial charge is 0.170 e. The second-order valence-corrected chi connectivity index (χ2v) is 8.02. The topological polar surface area (TPSA) is 43.2 Å². The van der Waals surface area contributed by atoms with Gasteiger partial charge in [-0.1, -0.05) is 18.6 Å². The molecule has 3 heterocycles. The third kappa shape index (κ3) is 4.03. The zero-order valence-electron chi connectivity index (χ0n) is 16.7. The van der Waals surface area contributed by atoms with Crippen LogP contribution in [-0.4, -0.2) is 51.3 Å². The fourth-order valence-corrected chi connectivity index (χ4v) is 4.54. The molecule has 0 amide bonds. The Morgan fingerprint density at radius 2 is 1.93 bits per heavy atom. The highest BCUT2D eigenvalue weighted by Gasteiger charge is 2.17. The molecule has 6 heteroatoms. The van der Waals surface area contributed by atoms with E-state index in [-0.39, 0.29) is 0 Å². The summed E-state index contributed by atoms with van der Waals surface area (Å²) in [5, 5.41) is 0. The number of aromatic nitrogens is 3. The molecule has 0 aliphatic carbocycles. The number of piperidine rings is 1. The molecule has 1 saturated heterocycles. The van der Waals surface area contributed by atoms with Gasteiger partial charge in [0.1, 0.15) is 11.4 Å². The predicted octanol–water partition coefficient (Wildman–Crippen LogP) is 4.79. The second kappa shape index (κ2) is 8.97. The molecule has 3 aromatic rings. The van der Waals surface area contributed by atoms with Crippen LogP contribution in [0.15, 0.2) is 36.5 Å². The van der Waals surface area contributed by atoms with Gasteiger partial charge in [-0.15, -0.1) is 0 Å². The molecule has 0 unspecified atom stereocenters. The molecule has 28 heavy (non-hydrogen) atoms. The molecule has 1 aromatic carbocycles. The number of hydrogen-bond acceptors (Lipinski definition) is 5. The molecule has 1 aliphatic rings. The highest BCUT2D eigenvalue weighted by atomic mass is 32.2. The van der Waals surface area contributed by atoms with Crippen LogP contribution < -0.4 is 4.74 Å². The molecule has 0 atom stereocenters. The van der Waals surface area contributed by atoms with Crippen molar-refractivity contribution in [1.29, 1.82) is 0 Å². The maximum atomic E-state index is 6.13. The van der Waals surface area contributed by atoms with Crippen molar-refractivity contribution in [1.82, 2.24) is 18.8 Å². The van der Waals surface area contributed by atoms with Gasteiger partial charge >= 0.3 is 0 Å². The standard InChI is InChI=1S/C22H28N4OS/c1-17-20(27-16-8-15-25-13-6-3-7-14-25)11-12-23-21(17)22-24-18-9-4-5-10-19(18)26(22)28-2/h4-5,9-12H,3,6-8,13-16H2,1-2H3. The van der Waals surface area contributed by atoms with Crippen molar-refractivity contribution in [2.75, 3.05) is 32.5 Å². The Balaban J connectivity index is 1.49. The molecule has 0 saturated carbocycles. The molecule has 0 radical (unpaired) electrons. The molecule has 5 nitrogen and oxygen atoms in total. The fraction of sp³-hybridized carbons (Fsp3) is 0.455. The molecule has 0 bridgehead atoms. The number of hydrogen-bond donors (Lipinski definition) is 0. The Hall–Kier alpha value is -2.05. The average molecular weight is 397 g/mol. The molecular weight excluding hydrogens is 368 g/mol. The van der Waals surface area contributed by atoms with E-state index < -0.39 is 0 Å². The minimum atomic E-state index is 0.736. The third-order valence-electron chi connectivity index (χ3n) is 5.39. The van der Waals surface area contributed by atoms with Crippen molar-refractivity contribution in [3.63, 3.8) is 0 Å². The average Bonchev–Trinajstić information content (AvgIpc) is 3.11. The number of para-hydroxylation sites is 2. The Labute approximate surface area is 171 Å². The minimum Gasteiger partial charge on any atom is -0.493 e. The van der Waals surface area contributed by atoms with E-state index >= 15 is 0 Å². The summed E-state index contributed by atoms with van der Waals surface area (Å²) in [6.45, 7) is 6.41. The van der Waals surface area contributed by atoms with Gasteiger partial charge in [-0.05, 0) is 69.4 Å². The second-order valence-electron chi connectivity index (χ2n) is 7.29. The van der Waals surface area contributed by atoms with Gasteiger partial charge in [-0.2, -0.15) is 0 Å². The van der Waals surface area contributed by atoms with E-state index in [2.05, 4.69) is 33.1 Å². The van der Waals surface area contributed by atoms with E-state index in [1.54, 1.807) is 11.9 Å². The van der Waals surface area contributed by atoms with Crippen LogP contribution in [0.4, 0.5) is 0 Å². The van der Waals surface area contributed by atoms with Gasteiger partial charge in [0.15, 0.2) is 5.82 Å². The highest BCUT2D eigenvalue weighted by molar-refractivity contribution is 7.97. The lowest BCUT2D eigenvalue weighted by molar-refractivity contribution is 0.204. The van der Waals surface area contributed by atoms with E-state index in [1.807, 2.05) is 30.5 Å². The van der Waals surface area contributed by atoms with Gasteiger partial charge in [-0.25, -0.2) is 4.98 Å². The lowest BCUT2D eigenvalue weighted by atomic mass is 10.1. The summed E-state index contributed by atoms with van der Waals surface area (Å²) in [5.74, 6) is 1.79. The maximum absolute atomic E-state index is 6.13. The lowest BCUT2D eigenvalue weighted by Crippen LogP contribution is -2.31. The summed E-state index contributed by atoms with van der Waals surface area (Å²) in [6.07, 6.45) is 9.00. The first-order chi connectivity index (χ1) is 13.8. The van der Waals surface area contributed by atoms with Gasteiger partial charge < -0.3 is 9.64 Å². The van der Waals surface area contributed by atoms with Crippen molar-refractivity contribution in [2.45, 2.75) is 32.6 Å². The number of likely N-dealkylation sites (tertiary alicyclic amines) is 1. The summed E-state index contributed by atoms with van der Waals surface area (Å²) in [5.41, 5.74) is 4.03. The summed E-state index contributed by atoms with van der Waals surface area (Å²) in [7, 11) is 0. The molecule has 4 rings (SSSR count). The van der Waals surface area contributed by atoms with Crippen molar-refractivity contribution in [3.05, 3.63) is 42.1 Å². The van der Waals surface area contributed by atoms with Crippen LogP contribution >= 0.6 is 11.9 Å². The van der Waals surface area contributed by atoms with Gasteiger partial charge in [0.25, 0.3) is 0 Å². The SMILES string of the molecule is CSn1c(-c2nccc(OCCCN3CCCCC3)c2C)nc2ccccc21. The number of nitrogens with zero attached hydrogens (tertiary/aromatic N) is 4. The van der Waals surface area contributed by atoms with Crippen molar-refractivity contribution < 1.29 is 4.74 Å². The van der Waals surface area contributed by atoms with Crippen LogP contribution in [0.1, 0.15) is 31.2 Å². The normalized spacial score (nSPS) is 15.2. The fourth-order valence-electron chi connectivity index (χ4n) is 3.89. The molecule has 0 N–H and O–H groups in total. The molecule has 1 fully saturated rings. The minimum absolute atomic E-state index is 0.736. The maximum Gasteiger partial charge on any atom is 0.170 e. The van der Waals surface area contributed by atoms with Gasteiger partial charge in [0.05, 0.1) is 17.6 Å². The Bertz CT molecular complexity index is 933. The monoisotopic (exact) mass is 396 g/mol. The Kier molecular flexibility index (Phi) is 6.17.